The molecule has 0 heterocycles. The highest BCUT2D eigenvalue weighted by Gasteiger charge is 2.51. The number of benzene rings is 2. The van der Waals surface area contributed by atoms with Crippen molar-refractivity contribution in [3.63, 3.8) is 0 Å². The molecule has 0 saturated heterocycles. The van der Waals surface area contributed by atoms with Gasteiger partial charge in [0.05, 0.1) is 11.3 Å². The third-order valence-electron chi connectivity index (χ3n) is 8.62. The molecule has 0 radical (unpaired) electrons. The lowest BCUT2D eigenvalue weighted by Gasteiger charge is -2.56. The second kappa shape index (κ2) is 11.5. The predicted molar refractivity (Wildman–Crippen MR) is 150 cm³/mol. The maximum Gasteiger partial charge on any atom is 0.339 e. The van der Waals surface area contributed by atoms with Crippen molar-refractivity contribution in [2.45, 2.75) is 75.1 Å². The molecule has 0 aliphatic heterocycles. The molecule has 0 spiro atoms. The Morgan fingerprint density at radius 2 is 1.58 bits per heavy atom. The Kier molecular flexibility index (Phi) is 8.12. The molecule has 6 rings (SSSR count). The second-order valence-corrected chi connectivity index (χ2v) is 12.6. The van der Waals surface area contributed by atoms with Gasteiger partial charge in [-0.2, -0.15) is 0 Å². The Morgan fingerprint density at radius 1 is 0.947 bits per heavy atom. The molecule has 2 amide bonds. The van der Waals surface area contributed by atoms with Crippen LogP contribution in [0.25, 0.3) is 0 Å². The van der Waals surface area contributed by atoms with Crippen LogP contribution in [0.4, 0.5) is 5.69 Å². The van der Waals surface area contributed by atoms with Crippen LogP contribution in [0.15, 0.2) is 53.4 Å². The number of hydrogen-bond donors (Lipinski definition) is 2. The van der Waals surface area contributed by atoms with Gasteiger partial charge in [-0.25, -0.2) is 4.79 Å². The number of thioether (sulfide) groups is 1. The largest absolute Gasteiger partial charge is 0.452 e. The van der Waals surface area contributed by atoms with Gasteiger partial charge in [-0.3, -0.25) is 9.59 Å². The zero-order valence-electron chi connectivity index (χ0n) is 22.3. The summed E-state index contributed by atoms with van der Waals surface area (Å²) >= 11 is 1.34. The van der Waals surface area contributed by atoms with Crippen LogP contribution in [0.3, 0.4) is 0 Å². The minimum absolute atomic E-state index is 0.0211. The van der Waals surface area contributed by atoms with E-state index in [0.717, 1.165) is 43.4 Å². The van der Waals surface area contributed by atoms with Gasteiger partial charge in [-0.05, 0) is 98.4 Å². The quantitative estimate of drug-likeness (QED) is 0.281. The van der Waals surface area contributed by atoms with Crippen LogP contribution >= 0.6 is 11.8 Å². The lowest BCUT2D eigenvalue weighted by Crippen LogP contribution is -2.60. The summed E-state index contributed by atoms with van der Waals surface area (Å²) in [6.07, 6.45) is 8.40. The molecular formula is C31H38N2O4S. The SMILES string of the molecule is CC[C@H](C)c1ccc(NC(=O)COC(=O)c2ccccc2SCC(=O)NC23CC4CC(CC(C4)C2)C3)cc1. The predicted octanol–water partition coefficient (Wildman–Crippen LogP) is 6.17. The zero-order chi connectivity index (χ0) is 26.7. The summed E-state index contributed by atoms with van der Waals surface area (Å²) in [6.45, 7) is 3.93. The number of nitrogens with one attached hydrogen (secondary N) is 2. The summed E-state index contributed by atoms with van der Waals surface area (Å²) in [5.41, 5.74) is 2.23. The van der Waals surface area contributed by atoms with Crippen LogP contribution in [0.5, 0.6) is 0 Å². The van der Waals surface area contributed by atoms with E-state index in [4.69, 9.17) is 4.74 Å². The molecule has 2 N–H and O–H groups in total. The minimum atomic E-state index is -0.572. The van der Waals surface area contributed by atoms with Crippen LogP contribution in [-0.4, -0.2) is 35.7 Å². The third kappa shape index (κ3) is 6.25. The molecule has 4 aliphatic carbocycles. The van der Waals surface area contributed by atoms with E-state index in [-0.39, 0.29) is 23.8 Å². The van der Waals surface area contributed by atoms with Crippen LogP contribution < -0.4 is 10.6 Å². The van der Waals surface area contributed by atoms with E-state index in [1.54, 1.807) is 12.1 Å². The van der Waals surface area contributed by atoms with E-state index >= 15 is 0 Å². The van der Waals surface area contributed by atoms with Crippen LogP contribution in [0.1, 0.15) is 80.6 Å². The number of hydrogen-bond acceptors (Lipinski definition) is 5. The fourth-order valence-corrected chi connectivity index (χ4v) is 7.88. The molecule has 4 fully saturated rings. The Hall–Kier alpha value is -2.80. The normalized spacial score (nSPS) is 26.0. The van der Waals surface area contributed by atoms with Gasteiger partial charge in [0.15, 0.2) is 6.61 Å². The summed E-state index contributed by atoms with van der Waals surface area (Å²) < 4.78 is 5.32. The molecule has 4 bridgehead atoms. The van der Waals surface area contributed by atoms with Gasteiger partial charge in [0.25, 0.3) is 5.91 Å². The number of ether oxygens (including phenoxy) is 1. The standard InChI is InChI=1S/C31H38N2O4S/c1-3-20(2)24-8-10-25(11-9-24)32-28(34)18-37-30(36)26-6-4-5-7-27(26)38-19-29(35)33-31-15-21-12-22(16-31)14-23(13-21)17-31/h4-11,20-23H,3,12-19H2,1-2H3,(H,32,34)(H,33,35)/t20-,21?,22?,23?,31?/m0/s1. The first-order valence-electron chi connectivity index (χ1n) is 13.9. The second-order valence-electron chi connectivity index (χ2n) is 11.6. The van der Waals surface area contributed by atoms with Gasteiger partial charge in [-0.1, -0.05) is 38.1 Å². The van der Waals surface area contributed by atoms with Crippen molar-refractivity contribution in [2.75, 3.05) is 17.7 Å². The molecule has 1 atom stereocenters. The fourth-order valence-electron chi connectivity index (χ4n) is 7.04. The summed E-state index contributed by atoms with van der Waals surface area (Å²) in [5, 5.41) is 6.17. The molecule has 4 aliphatic rings. The lowest BCUT2D eigenvalue weighted by molar-refractivity contribution is -0.124. The first-order chi connectivity index (χ1) is 18.3. The Morgan fingerprint density at radius 3 is 2.21 bits per heavy atom. The van der Waals surface area contributed by atoms with E-state index in [0.29, 0.717) is 22.1 Å². The molecule has 6 nitrogen and oxygen atoms in total. The van der Waals surface area contributed by atoms with Gasteiger partial charge < -0.3 is 15.4 Å². The van der Waals surface area contributed by atoms with Crippen molar-refractivity contribution in [3.05, 3.63) is 59.7 Å². The number of carbonyl (C=O) groups excluding carboxylic acids is 3. The van der Waals surface area contributed by atoms with E-state index in [1.807, 2.05) is 36.4 Å². The van der Waals surface area contributed by atoms with Crippen molar-refractivity contribution < 1.29 is 19.1 Å². The third-order valence-corrected chi connectivity index (χ3v) is 9.69. The molecule has 38 heavy (non-hydrogen) atoms. The number of anilines is 1. The van der Waals surface area contributed by atoms with Crippen molar-refractivity contribution in [1.82, 2.24) is 5.32 Å². The van der Waals surface area contributed by atoms with Gasteiger partial charge in [0, 0.05) is 16.1 Å². The monoisotopic (exact) mass is 534 g/mol. The van der Waals surface area contributed by atoms with Crippen LogP contribution in [0.2, 0.25) is 0 Å². The summed E-state index contributed by atoms with van der Waals surface area (Å²) in [6, 6.07) is 14.8. The topological polar surface area (TPSA) is 84.5 Å². The minimum Gasteiger partial charge on any atom is -0.452 e. The highest BCUT2D eigenvalue weighted by molar-refractivity contribution is 8.00. The average molecular weight is 535 g/mol. The van der Waals surface area contributed by atoms with E-state index in [1.165, 1.54) is 36.6 Å². The van der Waals surface area contributed by atoms with E-state index in [9.17, 15) is 14.4 Å². The first kappa shape index (κ1) is 26.8. The molecule has 2 aromatic carbocycles. The molecule has 0 unspecified atom stereocenters. The number of carbonyl (C=O) groups is 3. The molecule has 7 heteroatoms. The number of rotatable bonds is 10. The average Bonchev–Trinajstić information content (AvgIpc) is 2.89. The van der Waals surface area contributed by atoms with Crippen LogP contribution in [0, 0.1) is 17.8 Å². The number of esters is 1. The smallest absolute Gasteiger partial charge is 0.339 e. The van der Waals surface area contributed by atoms with Crippen LogP contribution in [-0.2, 0) is 14.3 Å². The molecule has 0 aromatic heterocycles. The van der Waals surface area contributed by atoms with Gasteiger partial charge >= 0.3 is 5.97 Å². The highest BCUT2D eigenvalue weighted by Crippen LogP contribution is 2.55. The maximum atomic E-state index is 12.9. The maximum absolute atomic E-state index is 12.9. The Balaban J connectivity index is 1.11. The summed E-state index contributed by atoms with van der Waals surface area (Å²) in [7, 11) is 0. The van der Waals surface area contributed by atoms with Crippen molar-refractivity contribution in [2.24, 2.45) is 17.8 Å². The summed E-state index contributed by atoms with van der Waals surface area (Å²) in [4.78, 5) is 38.8. The lowest BCUT2D eigenvalue weighted by atomic mass is 9.53. The summed E-state index contributed by atoms with van der Waals surface area (Å²) in [5.74, 6) is 2.08. The van der Waals surface area contributed by atoms with Crippen molar-refractivity contribution >= 4 is 35.2 Å². The number of amides is 2. The highest BCUT2D eigenvalue weighted by atomic mass is 32.2. The van der Waals surface area contributed by atoms with E-state index < -0.39 is 11.9 Å². The van der Waals surface area contributed by atoms with Gasteiger partial charge in [-0.15, -0.1) is 11.8 Å². The zero-order valence-corrected chi connectivity index (χ0v) is 23.1. The van der Waals surface area contributed by atoms with E-state index in [2.05, 4.69) is 24.5 Å². The van der Waals surface area contributed by atoms with Gasteiger partial charge in [0.2, 0.25) is 5.91 Å². The molecule has 202 valence electrons. The molecular weight excluding hydrogens is 496 g/mol. The first-order valence-corrected chi connectivity index (χ1v) is 14.9. The van der Waals surface area contributed by atoms with Crippen molar-refractivity contribution in [3.8, 4) is 0 Å². The molecule has 2 aromatic rings. The fraction of sp³-hybridized carbons (Fsp3) is 0.516. The van der Waals surface area contributed by atoms with Crippen molar-refractivity contribution in [1.29, 1.82) is 0 Å². The Bertz CT molecular complexity index is 1140. The van der Waals surface area contributed by atoms with Gasteiger partial charge in [0.1, 0.15) is 0 Å². The Labute approximate surface area is 229 Å². The molecule has 4 saturated carbocycles.